The Bertz CT molecular complexity index is 583. The van der Waals surface area contributed by atoms with E-state index in [0.29, 0.717) is 5.75 Å². The minimum absolute atomic E-state index is 0.668. The quantitative estimate of drug-likeness (QED) is 0.882. The molecular weight excluding hydrogens is 264 g/mol. The zero-order valence-electron chi connectivity index (χ0n) is 13.1. The molecule has 0 bridgehead atoms. The van der Waals surface area contributed by atoms with Crippen LogP contribution in [0.3, 0.4) is 0 Å². The first-order valence-corrected chi connectivity index (χ1v) is 7.18. The van der Waals surface area contributed by atoms with E-state index in [-0.39, 0.29) is 0 Å². The molecule has 0 fully saturated rings. The van der Waals surface area contributed by atoms with Crippen molar-refractivity contribution in [3.05, 3.63) is 36.2 Å². The van der Waals surface area contributed by atoms with Crippen molar-refractivity contribution in [1.82, 2.24) is 9.97 Å². The van der Waals surface area contributed by atoms with Crippen LogP contribution in [-0.4, -0.2) is 30.2 Å². The summed E-state index contributed by atoms with van der Waals surface area (Å²) in [4.78, 5) is 10.8. The number of ether oxygens (including phenoxy) is 1. The summed E-state index contributed by atoms with van der Waals surface area (Å²) in [5.74, 6) is 2.16. The molecule has 0 aliphatic carbocycles. The van der Waals surface area contributed by atoms with Gasteiger partial charge in [-0.25, -0.2) is 9.97 Å². The van der Waals surface area contributed by atoms with E-state index in [9.17, 15) is 0 Å². The van der Waals surface area contributed by atoms with E-state index in [2.05, 4.69) is 58.3 Å². The summed E-state index contributed by atoms with van der Waals surface area (Å²) < 4.78 is 5.53. The molecular formula is C16H22N4O. The summed E-state index contributed by atoms with van der Waals surface area (Å²) in [6.07, 6.45) is 1.56. The van der Waals surface area contributed by atoms with Gasteiger partial charge in [-0.1, -0.05) is 17.7 Å². The number of hydrogen-bond donors (Lipinski definition) is 1. The van der Waals surface area contributed by atoms with E-state index in [1.165, 1.54) is 5.56 Å². The molecule has 0 radical (unpaired) electrons. The van der Waals surface area contributed by atoms with E-state index in [4.69, 9.17) is 4.74 Å². The first kappa shape index (κ1) is 15.1. The number of benzene rings is 1. The maximum absolute atomic E-state index is 5.53. The van der Waals surface area contributed by atoms with Crippen molar-refractivity contribution in [1.29, 1.82) is 0 Å². The molecule has 2 aromatic rings. The number of rotatable bonds is 6. The van der Waals surface area contributed by atoms with Gasteiger partial charge in [0.1, 0.15) is 6.33 Å². The Morgan fingerprint density at radius 1 is 1.14 bits per heavy atom. The summed E-state index contributed by atoms with van der Waals surface area (Å²) in [7, 11) is 1.64. The second-order valence-electron chi connectivity index (χ2n) is 4.69. The molecule has 0 unspecified atom stereocenters. The second-order valence-corrected chi connectivity index (χ2v) is 4.69. The van der Waals surface area contributed by atoms with Crippen LogP contribution in [0.1, 0.15) is 19.4 Å². The van der Waals surface area contributed by atoms with Gasteiger partial charge in [0, 0.05) is 18.8 Å². The van der Waals surface area contributed by atoms with Gasteiger partial charge in [-0.05, 0) is 32.9 Å². The lowest BCUT2D eigenvalue weighted by Gasteiger charge is -2.24. The Morgan fingerprint density at radius 3 is 2.43 bits per heavy atom. The fraction of sp³-hybridized carbons (Fsp3) is 0.375. The van der Waals surface area contributed by atoms with Gasteiger partial charge in [-0.15, -0.1) is 0 Å². The third-order valence-corrected chi connectivity index (χ3v) is 3.25. The minimum atomic E-state index is 0.668. The van der Waals surface area contributed by atoms with Gasteiger partial charge in [0.2, 0.25) is 5.75 Å². The summed E-state index contributed by atoms with van der Waals surface area (Å²) in [5, 5.41) is 3.20. The molecule has 0 amide bonds. The highest BCUT2D eigenvalue weighted by molar-refractivity contribution is 5.71. The van der Waals surface area contributed by atoms with Crippen molar-refractivity contribution in [2.75, 3.05) is 30.4 Å². The number of hydrogen-bond acceptors (Lipinski definition) is 5. The van der Waals surface area contributed by atoms with Crippen molar-refractivity contribution >= 4 is 17.3 Å². The minimum Gasteiger partial charge on any atom is -0.490 e. The van der Waals surface area contributed by atoms with Crippen molar-refractivity contribution < 1.29 is 4.74 Å². The standard InChI is InChI=1S/C16H22N4O/c1-5-17-15-14(21-4)16(19-11-18-15)20(6-2)13-9-7-12(3)8-10-13/h7-11H,5-6H2,1-4H3,(H,17,18,19). The molecule has 1 heterocycles. The molecule has 5 heteroatoms. The SMILES string of the molecule is CCNc1ncnc(N(CC)c2ccc(C)cc2)c1OC. The lowest BCUT2D eigenvalue weighted by Crippen LogP contribution is -2.19. The summed E-state index contributed by atoms with van der Waals surface area (Å²) in [5.41, 5.74) is 2.32. The average molecular weight is 286 g/mol. The third-order valence-electron chi connectivity index (χ3n) is 3.25. The van der Waals surface area contributed by atoms with Gasteiger partial charge in [-0.3, -0.25) is 0 Å². The predicted octanol–water partition coefficient (Wildman–Crippen LogP) is 3.38. The molecule has 21 heavy (non-hydrogen) atoms. The Morgan fingerprint density at radius 2 is 1.86 bits per heavy atom. The number of anilines is 3. The number of nitrogens with one attached hydrogen (secondary N) is 1. The van der Waals surface area contributed by atoms with Crippen molar-refractivity contribution in [3.63, 3.8) is 0 Å². The lowest BCUT2D eigenvalue weighted by molar-refractivity contribution is 0.413. The number of methoxy groups -OCH3 is 1. The molecule has 112 valence electrons. The second kappa shape index (κ2) is 6.92. The zero-order valence-corrected chi connectivity index (χ0v) is 13.1. The molecule has 0 saturated carbocycles. The topological polar surface area (TPSA) is 50.3 Å². The van der Waals surface area contributed by atoms with E-state index >= 15 is 0 Å². The molecule has 0 atom stereocenters. The monoisotopic (exact) mass is 286 g/mol. The van der Waals surface area contributed by atoms with Crippen LogP contribution < -0.4 is 15.0 Å². The van der Waals surface area contributed by atoms with Crippen LogP contribution >= 0.6 is 0 Å². The Hall–Kier alpha value is -2.30. The number of aromatic nitrogens is 2. The van der Waals surface area contributed by atoms with Gasteiger partial charge in [0.15, 0.2) is 11.6 Å². The van der Waals surface area contributed by atoms with Crippen LogP contribution in [0.2, 0.25) is 0 Å². The summed E-state index contributed by atoms with van der Waals surface area (Å²) in [6.45, 7) is 7.77. The Labute approximate surface area is 126 Å². The fourth-order valence-electron chi connectivity index (χ4n) is 2.22. The van der Waals surface area contributed by atoms with E-state index in [1.807, 2.05) is 6.92 Å². The fourth-order valence-corrected chi connectivity index (χ4v) is 2.22. The maximum Gasteiger partial charge on any atom is 0.204 e. The molecule has 0 saturated heterocycles. The van der Waals surface area contributed by atoms with Crippen LogP contribution in [0.15, 0.2) is 30.6 Å². The smallest absolute Gasteiger partial charge is 0.204 e. The first-order chi connectivity index (χ1) is 10.2. The van der Waals surface area contributed by atoms with Crippen molar-refractivity contribution in [3.8, 4) is 5.75 Å². The van der Waals surface area contributed by atoms with Crippen LogP contribution in [0, 0.1) is 6.92 Å². The van der Waals surface area contributed by atoms with E-state index in [0.717, 1.165) is 30.4 Å². The Kier molecular flexibility index (Phi) is 4.98. The van der Waals surface area contributed by atoms with E-state index in [1.54, 1.807) is 13.4 Å². The van der Waals surface area contributed by atoms with Crippen LogP contribution in [-0.2, 0) is 0 Å². The molecule has 2 rings (SSSR count). The lowest BCUT2D eigenvalue weighted by atomic mass is 10.2. The average Bonchev–Trinajstić information content (AvgIpc) is 2.50. The number of aryl methyl sites for hydroxylation is 1. The van der Waals surface area contributed by atoms with Gasteiger partial charge in [0.05, 0.1) is 7.11 Å². The van der Waals surface area contributed by atoms with Gasteiger partial charge in [0.25, 0.3) is 0 Å². The third kappa shape index (κ3) is 3.24. The molecule has 5 nitrogen and oxygen atoms in total. The zero-order chi connectivity index (χ0) is 15.2. The van der Waals surface area contributed by atoms with Crippen molar-refractivity contribution in [2.24, 2.45) is 0 Å². The summed E-state index contributed by atoms with van der Waals surface area (Å²) >= 11 is 0. The highest BCUT2D eigenvalue weighted by Gasteiger charge is 2.18. The summed E-state index contributed by atoms with van der Waals surface area (Å²) in [6, 6.07) is 8.37. The van der Waals surface area contributed by atoms with Gasteiger partial charge in [-0.2, -0.15) is 0 Å². The highest BCUT2D eigenvalue weighted by atomic mass is 16.5. The van der Waals surface area contributed by atoms with Crippen LogP contribution in [0.5, 0.6) is 5.75 Å². The Balaban J connectivity index is 2.46. The van der Waals surface area contributed by atoms with Crippen molar-refractivity contribution in [2.45, 2.75) is 20.8 Å². The van der Waals surface area contributed by atoms with Crippen LogP contribution in [0.4, 0.5) is 17.3 Å². The molecule has 1 aromatic carbocycles. The maximum atomic E-state index is 5.53. The van der Waals surface area contributed by atoms with E-state index < -0.39 is 0 Å². The molecule has 0 spiro atoms. The predicted molar refractivity (Wildman–Crippen MR) is 86.6 cm³/mol. The normalized spacial score (nSPS) is 10.3. The van der Waals surface area contributed by atoms with Gasteiger partial charge >= 0.3 is 0 Å². The largest absolute Gasteiger partial charge is 0.490 e. The van der Waals surface area contributed by atoms with Crippen LogP contribution in [0.25, 0.3) is 0 Å². The molecule has 1 N–H and O–H groups in total. The number of nitrogens with zero attached hydrogens (tertiary/aromatic N) is 3. The molecule has 1 aromatic heterocycles. The molecule has 0 aliphatic rings. The van der Waals surface area contributed by atoms with Gasteiger partial charge < -0.3 is 15.0 Å². The first-order valence-electron chi connectivity index (χ1n) is 7.18. The molecule has 0 aliphatic heterocycles. The highest BCUT2D eigenvalue weighted by Crippen LogP contribution is 2.35.